The number of nitrogens with one attached hydrogen (secondary N) is 1. The van der Waals surface area contributed by atoms with E-state index in [0.29, 0.717) is 12.8 Å². The van der Waals surface area contributed by atoms with Crippen molar-refractivity contribution >= 4 is 11.6 Å². The standard InChI is InChI=1S/C14H21N2O3/c1-13(2)7-9(8-14(3,4)16(13)19)15-12-10(17)5-6-11(12)18/h5-6,9,12,15H,7-8H2,1-4H3. The van der Waals surface area contributed by atoms with E-state index in [0.717, 1.165) is 5.06 Å². The molecule has 1 aliphatic heterocycles. The molecule has 0 saturated carbocycles. The fourth-order valence-corrected chi connectivity index (χ4v) is 3.28. The molecule has 1 heterocycles. The van der Waals surface area contributed by atoms with Crippen molar-refractivity contribution in [1.82, 2.24) is 10.4 Å². The first-order valence-corrected chi connectivity index (χ1v) is 6.63. The van der Waals surface area contributed by atoms with Crippen LogP contribution in [0.15, 0.2) is 12.2 Å². The second kappa shape index (κ2) is 4.51. The molecule has 5 heteroatoms. The van der Waals surface area contributed by atoms with Gasteiger partial charge in [-0.1, -0.05) is 0 Å². The molecular formula is C14H21N2O3. The van der Waals surface area contributed by atoms with Gasteiger partial charge in [0.15, 0.2) is 11.6 Å². The van der Waals surface area contributed by atoms with Gasteiger partial charge < -0.3 is 0 Å². The minimum atomic E-state index is -0.755. The minimum absolute atomic E-state index is 0.00648. The van der Waals surface area contributed by atoms with Gasteiger partial charge in [0.05, 0.1) is 0 Å². The lowest BCUT2D eigenvalue weighted by Gasteiger charge is -2.50. The Kier molecular flexibility index (Phi) is 3.41. The fraction of sp³-hybridized carbons (Fsp3) is 0.714. The zero-order valence-electron chi connectivity index (χ0n) is 11.9. The fourth-order valence-electron chi connectivity index (χ4n) is 3.28. The smallest absolute Gasteiger partial charge is 0.180 e. The van der Waals surface area contributed by atoms with Crippen molar-refractivity contribution in [3.05, 3.63) is 12.2 Å². The van der Waals surface area contributed by atoms with Gasteiger partial charge >= 0.3 is 0 Å². The van der Waals surface area contributed by atoms with Crippen molar-refractivity contribution in [2.75, 3.05) is 0 Å². The monoisotopic (exact) mass is 265 g/mol. The predicted octanol–water partition coefficient (Wildman–Crippen LogP) is 1.02. The minimum Gasteiger partial charge on any atom is -0.298 e. The van der Waals surface area contributed by atoms with E-state index in [1.807, 2.05) is 27.7 Å². The number of nitrogens with zero attached hydrogens (tertiary/aromatic N) is 1. The van der Waals surface area contributed by atoms with Gasteiger partial charge in [-0.25, -0.2) is 0 Å². The first kappa shape index (κ1) is 14.4. The lowest BCUT2D eigenvalue weighted by atomic mass is 9.78. The Hall–Kier alpha value is -1.04. The Labute approximate surface area is 113 Å². The average Bonchev–Trinajstić information content (AvgIpc) is 2.57. The zero-order chi connectivity index (χ0) is 14.4. The Morgan fingerprint density at radius 2 is 1.47 bits per heavy atom. The normalized spacial score (nSPS) is 28.3. The maximum atomic E-state index is 12.2. The molecule has 1 radical (unpaired) electrons. The molecule has 5 nitrogen and oxygen atoms in total. The first-order chi connectivity index (χ1) is 8.63. The van der Waals surface area contributed by atoms with Crippen LogP contribution in [0.4, 0.5) is 0 Å². The number of piperidine rings is 1. The highest BCUT2D eigenvalue weighted by molar-refractivity contribution is 6.22. The highest BCUT2D eigenvalue weighted by atomic mass is 16.5. The van der Waals surface area contributed by atoms with Gasteiger partial charge in [0.1, 0.15) is 6.04 Å². The predicted molar refractivity (Wildman–Crippen MR) is 69.8 cm³/mol. The lowest BCUT2D eigenvalue weighted by molar-refractivity contribution is -0.290. The summed E-state index contributed by atoms with van der Waals surface area (Å²) in [6, 6.07) is -0.761. The molecule has 0 aromatic heterocycles. The van der Waals surface area contributed by atoms with Crippen LogP contribution in [0.25, 0.3) is 0 Å². The van der Waals surface area contributed by atoms with E-state index in [9.17, 15) is 14.8 Å². The van der Waals surface area contributed by atoms with Crippen LogP contribution in [0.2, 0.25) is 0 Å². The molecule has 2 aliphatic rings. The molecule has 19 heavy (non-hydrogen) atoms. The van der Waals surface area contributed by atoms with Crippen LogP contribution in [0.3, 0.4) is 0 Å². The van der Waals surface area contributed by atoms with E-state index >= 15 is 0 Å². The molecule has 0 aromatic rings. The zero-order valence-corrected chi connectivity index (χ0v) is 11.9. The molecule has 1 N–H and O–H groups in total. The third-order valence-electron chi connectivity index (χ3n) is 3.97. The van der Waals surface area contributed by atoms with Gasteiger partial charge in [0, 0.05) is 17.1 Å². The van der Waals surface area contributed by atoms with E-state index in [1.165, 1.54) is 12.2 Å². The summed E-state index contributed by atoms with van der Waals surface area (Å²) < 4.78 is 0. The molecule has 1 aliphatic carbocycles. The summed E-state index contributed by atoms with van der Waals surface area (Å²) in [6.45, 7) is 7.58. The summed E-state index contributed by atoms with van der Waals surface area (Å²) in [5.41, 5.74) is -1.00. The molecule has 2 rings (SSSR count). The van der Waals surface area contributed by atoms with Gasteiger partial charge in [-0.3, -0.25) is 14.9 Å². The number of carbonyl (C=O) groups excluding carboxylic acids is 2. The van der Waals surface area contributed by atoms with E-state index in [-0.39, 0.29) is 17.6 Å². The highest BCUT2D eigenvalue weighted by Gasteiger charge is 2.47. The molecule has 0 spiro atoms. The number of rotatable bonds is 2. The number of hydrogen-bond donors (Lipinski definition) is 1. The molecule has 0 atom stereocenters. The Morgan fingerprint density at radius 3 is 1.89 bits per heavy atom. The van der Waals surface area contributed by atoms with Crippen LogP contribution >= 0.6 is 0 Å². The Morgan fingerprint density at radius 1 is 1.05 bits per heavy atom. The van der Waals surface area contributed by atoms with Crippen LogP contribution in [-0.4, -0.2) is 39.8 Å². The second-order valence-electron chi connectivity index (χ2n) is 6.76. The first-order valence-electron chi connectivity index (χ1n) is 6.63. The summed E-state index contributed by atoms with van der Waals surface area (Å²) in [7, 11) is 0. The molecule has 105 valence electrons. The SMILES string of the molecule is CC1(C)CC(NC2C(=O)C=CC2=O)CC(C)(C)N1[O]. The van der Waals surface area contributed by atoms with Crippen LogP contribution in [0, 0.1) is 0 Å². The van der Waals surface area contributed by atoms with Crippen molar-refractivity contribution in [2.45, 2.75) is 63.7 Å². The van der Waals surface area contributed by atoms with Crippen LogP contribution in [0.1, 0.15) is 40.5 Å². The van der Waals surface area contributed by atoms with Crippen molar-refractivity contribution in [3.8, 4) is 0 Å². The van der Waals surface area contributed by atoms with Gasteiger partial charge in [-0.05, 0) is 52.7 Å². The van der Waals surface area contributed by atoms with Gasteiger partial charge in [0.2, 0.25) is 0 Å². The number of carbonyl (C=O) groups is 2. The van der Waals surface area contributed by atoms with E-state index < -0.39 is 17.1 Å². The molecule has 0 amide bonds. The third-order valence-corrected chi connectivity index (χ3v) is 3.97. The maximum absolute atomic E-state index is 12.2. The van der Waals surface area contributed by atoms with Crippen molar-refractivity contribution in [1.29, 1.82) is 0 Å². The third kappa shape index (κ3) is 2.63. The van der Waals surface area contributed by atoms with Crippen LogP contribution < -0.4 is 5.32 Å². The quantitative estimate of drug-likeness (QED) is 0.757. The number of hydrogen-bond acceptors (Lipinski definition) is 4. The van der Waals surface area contributed by atoms with Crippen molar-refractivity contribution in [3.63, 3.8) is 0 Å². The molecule has 1 fully saturated rings. The van der Waals surface area contributed by atoms with E-state index in [1.54, 1.807) is 0 Å². The second-order valence-corrected chi connectivity index (χ2v) is 6.76. The van der Waals surface area contributed by atoms with Gasteiger partial charge in [-0.2, -0.15) is 0 Å². The molecule has 1 saturated heterocycles. The lowest BCUT2D eigenvalue weighted by Crippen LogP contribution is -2.63. The van der Waals surface area contributed by atoms with Crippen molar-refractivity contribution in [2.24, 2.45) is 0 Å². The van der Waals surface area contributed by atoms with Gasteiger partial charge in [0.25, 0.3) is 0 Å². The average molecular weight is 265 g/mol. The molecular weight excluding hydrogens is 244 g/mol. The topological polar surface area (TPSA) is 69.3 Å². The molecule has 0 aromatic carbocycles. The summed E-state index contributed by atoms with van der Waals surface area (Å²) in [5, 5.41) is 16.5. The summed E-state index contributed by atoms with van der Waals surface area (Å²) >= 11 is 0. The number of hydroxylamine groups is 2. The largest absolute Gasteiger partial charge is 0.298 e. The highest BCUT2D eigenvalue weighted by Crippen LogP contribution is 2.37. The van der Waals surface area contributed by atoms with E-state index in [4.69, 9.17) is 0 Å². The Balaban J connectivity index is 2.10. The van der Waals surface area contributed by atoms with Gasteiger partial charge in [-0.15, -0.1) is 10.3 Å². The summed E-state index contributed by atoms with van der Waals surface area (Å²) in [5.74, 6) is -0.379. The van der Waals surface area contributed by atoms with Crippen LogP contribution in [-0.2, 0) is 14.8 Å². The number of ketones is 2. The van der Waals surface area contributed by atoms with Crippen molar-refractivity contribution < 1.29 is 14.8 Å². The van der Waals surface area contributed by atoms with Crippen LogP contribution in [0.5, 0.6) is 0 Å². The van der Waals surface area contributed by atoms with E-state index in [2.05, 4.69) is 5.32 Å². The summed E-state index contributed by atoms with van der Waals surface area (Å²) in [6.07, 6.45) is 3.88. The maximum Gasteiger partial charge on any atom is 0.180 e. The molecule has 0 bridgehead atoms. The molecule has 0 unspecified atom stereocenters. The summed E-state index contributed by atoms with van der Waals surface area (Å²) in [4.78, 5) is 23.2. The Bertz CT molecular complexity index is 404.